The first-order valence-electron chi connectivity index (χ1n) is 8.10. The second-order valence-electron chi connectivity index (χ2n) is 5.50. The molecule has 0 spiro atoms. The molecule has 0 aliphatic carbocycles. The van der Waals surface area contributed by atoms with E-state index in [0.717, 1.165) is 5.56 Å². The Morgan fingerprint density at radius 2 is 1.69 bits per heavy atom. The molecule has 138 valence electrons. The Morgan fingerprint density at radius 3 is 2.35 bits per heavy atom. The molecule has 2 amide bonds. The molecule has 0 radical (unpaired) electrons. The van der Waals surface area contributed by atoms with Gasteiger partial charge in [0.2, 0.25) is 11.8 Å². The molecule has 0 saturated heterocycles. The van der Waals surface area contributed by atoms with E-state index >= 15 is 0 Å². The lowest BCUT2D eigenvalue weighted by Gasteiger charge is -2.13. The number of methoxy groups -OCH3 is 1. The standard InChI is InChI=1S/C19H21ClN2O4/c1-4-26-16-8-6-5-7-14(16)21-18(23)11-19(24)22-15-9-12(2)13(20)10-17(15)25-3/h5-10H,4,11H2,1-3H3,(H,21,23)(H,22,24). The van der Waals surface area contributed by atoms with Gasteiger partial charge in [-0.25, -0.2) is 0 Å². The van der Waals surface area contributed by atoms with Crippen molar-refractivity contribution in [1.29, 1.82) is 0 Å². The molecule has 2 N–H and O–H groups in total. The van der Waals surface area contributed by atoms with Gasteiger partial charge in [0.15, 0.2) is 0 Å². The summed E-state index contributed by atoms with van der Waals surface area (Å²) in [5.41, 5.74) is 1.77. The second-order valence-corrected chi connectivity index (χ2v) is 5.91. The molecule has 0 bridgehead atoms. The average Bonchev–Trinajstić information content (AvgIpc) is 2.59. The van der Waals surface area contributed by atoms with Crippen molar-refractivity contribution in [3.63, 3.8) is 0 Å². The highest BCUT2D eigenvalue weighted by Gasteiger charge is 2.15. The largest absolute Gasteiger partial charge is 0.495 e. The van der Waals surface area contributed by atoms with E-state index in [1.54, 1.807) is 30.3 Å². The third-order valence-electron chi connectivity index (χ3n) is 3.54. The van der Waals surface area contributed by atoms with Gasteiger partial charge >= 0.3 is 0 Å². The number of halogens is 1. The van der Waals surface area contributed by atoms with Gasteiger partial charge in [-0.05, 0) is 37.6 Å². The summed E-state index contributed by atoms with van der Waals surface area (Å²) in [4.78, 5) is 24.4. The summed E-state index contributed by atoms with van der Waals surface area (Å²) in [6.07, 6.45) is -0.342. The zero-order valence-corrected chi connectivity index (χ0v) is 15.6. The van der Waals surface area contributed by atoms with Crippen molar-refractivity contribution in [2.24, 2.45) is 0 Å². The van der Waals surface area contributed by atoms with Gasteiger partial charge in [0.25, 0.3) is 0 Å². The maximum atomic E-state index is 12.2. The van der Waals surface area contributed by atoms with Crippen LogP contribution < -0.4 is 20.1 Å². The van der Waals surface area contributed by atoms with Crippen LogP contribution in [-0.2, 0) is 9.59 Å². The first-order chi connectivity index (χ1) is 12.4. The molecule has 0 aromatic heterocycles. The third kappa shape index (κ3) is 5.13. The number of hydrogen-bond acceptors (Lipinski definition) is 4. The number of anilines is 2. The van der Waals surface area contributed by atoms with Gasteiger partial charge in [0, 0.05) is 11.1 Å². The van der Waals surface area contributed by atoms with Crippen LogP contribution in [0.4, 0.5) is 11.4 Å². The van der Waals surface area contributed by atoms with Crippen molar-refractivity contribution in [3.05, 3.63) is 47.0 Å². The molecule has 7 heteroatoms. The van der Waals surface area contributed by atoms with E-state index in [4.69, 9.17) is 21.1 Å². The number of rotatable bonds is 7. The molecule has 0 saturated carbocycles. The third-order valence-corrected chi connectivity index (χ3v) is 3.94. The van der Waals surface area contributed by atoms with Gasteiger partial charge in [-0.15, -0.1) is 0 Å². The molecule has 2 aromatic rings. The highest BCUT2D eigenvalue weighted by Crippen LogP contribution is 2.31. The van der Waals surface area contributed by atoms with Crippen molar-refractivity contribution in [1.82, 2.24) is 0 Å². The monoisotopic (exact) mass is 376 g/mol. The zero-order valence-electron chi connectivity index (χ0n) is 14.9. The summed E-state index contributed by atoms with van der Waals surface area (Å²) in [5, 5.41) is 5.89. The number of benzene rings is 2. The minimum absolute atomic E-state index is 0.342. The number of hydrogen-bond donors (Lipinski definition) is 2. The van der Waals surface area contributed by atoms with Gasteiger partial charge in [-0.1, -0.05) is 23.7 Å². The zero-order chi connectivity index (χ0) is 19.1. The normalized spacial score (nSPS) is 10.2. The lowest BCUT2D eigenvalue weighted by molar-refractivity contribution is -0.123. The Balaban J connectivity index is 2.02. The van der Waals surface area contributed by atoms with Crippen LogP contribution in [-0.4, -0.2) is 25.5 Å². The molecule has 0 heterocycles. The Kier molecular flexibility index (Phi) is 6.86. The van der Waals surface area contributed by atoms with E-state index in [1.165, 1.54) is 7.11 Å². The van der Waals surface area contributed by atoms with Crippen molar-refractivity contribution in [2.75, 3.05) is 24.4 Å². The summed E-state index contributed by atoms with van der Waals surface area (Å²) in [6, 6.07) is 10.4. The van der Waals surface area contributed by atoms with Gasteiger partial charge in [-0.2, -0.15) is 0 Å². The van der Waals surface area contributed by atoms with Crippen molar-refractivity contribution in [3.8, 4) is 11.5 Å². The Morgan fingerprint density at radius 1 is 1.04 bits per heavy atom. The van der Waals surface area contributed by atoms with Crippen LogP contribution >= 0.6 is 11.6 Å². The van der Waals surface area contributed by atoms with Gasteiger partial charge in [0.1, 0.15) is 17.9 Å². The van der Waals surface area contributed by atoms with Crippen LogP contribution in [0, 0.1) is 6.92 Å². The fourth-order valence-electron chi connectivity index (χ4n) is 2.32. The summed E-state index contributed by atoms with van der Waals surface area (Å²) in [7, 11) is 1.48. The number of para-hydroxylation sites is 2. The maximum absolute atomic E-state index is 12.2. The SMILES string of the molecule is CCOc1ccccc1NC(=O)CC(=O)Nc1cc(C)c(Cl)cc1OC. The average molecular weight is 377 g/mol. The smallest absolute Gasteiger partial charge is 0.233 e. The number of amides is 2. The van der Waals surface area contributed by atoms with Crippen LogP contribution in [0.25, 0.3) is 0 Å². The minimum Gasteiger partial charge on any atom is -0.495 e. The molecule has 0 fully saturated rings. The summed E-state index contributed by atoms with van der Waals surface area (Å²) in [6.45, 7) is 4.14. The molecule has 0 aliphatic heterocycles. The lowest BCUT2D eigenvalue weighted by atomic mass is 10.2. The minimum atomic E-state index is -0.462. The molecule has 0 unspecified atom stereocenters. The number of carbonyl (C=O) groups excluding carboxylic acids is 2. The summed E-state index contributed by atoms with van der Waals surface area (Å²) in [5.74, 6) is 0.0746. The van der Waals surface area contributed by atoms with Crippen molar-refractivity contribution >= 4 is 34.8 Å². The van der Waals surface area contributed by atoms with E-state index in [2.05, 4.69) is 10.6 Å². The molecule has 26 heavy (non-hydrogen) atoms. The number of aryl methyl sites for hydroxylation is 1. The van der Waals surface area contributed by atoms with Crippen LogP contribution in [0.15, 0.2) is 36.4 Å². The predicted molar refractivity (Wildman–Crippen MR) is 102 cm³/mol. The van der Waals surface area contributed by atoms with Crippen LogP contribution in [0.3, 0.4) is 0 Å². The predicted octanol–water partition coefficient (Wildman–Crippen LogP) is 4.02. The van der Waals surface area contributed by atoms with E-state index in [1.807, 2.05) is 19.9 Å². The lowest BCUT2D eigenvalue weighted by Crippen LogP contribution is -2.22. The van der Waals surface area contributed by atoms with E-state index in [0.29, 0.717) is 34.5 Å². The highest BCUT2D eigenvalue weighted by atomic mass is 35.5. The molecular formula is C19H21ClN2O4. The van der Waals surface area contributed by atoms with Gasteiger partial charge in [-0.3, -0.25) is 9.59 Å². The molecule has 2 aromatic carbocycles. The van der Waals surface area contributed by atoms with Crippen LogP contribution in [0.2, 0.25) is 5.02 Å². The Labute approximate surface area is 157 Å². The Hall–Kier alpha value is -2.73. The molecule has 2 rings (SSSR count). The highest BCUT2D eigenvalue weighted by molar-refractivity contribution is 6.31. The fraction of sp³-hybridized carbons (Fsp3) is 0.263. The number of ether oxygens (including phenoxy) is 2. The number of nitrogens with one attached hydrogen (secondary N) is 2. The summed E-state index contributed by atoms with van der Waals surface area (Å²) >= 11 is 6.05. The quantitative estimate of drug-likeness (QED) is 0.715. The topological polar surface area (TPSA) is 76.7 Å². The van der Waals surface area contributed by atoms with E-state index in [-0.39, 0.29) is 6.42 Å². The van der Waals surface area contributed by atoms with Crippen molar-refractivity contribution in [2.45, 2.75) is 20.3 Å². The molecule has 0 aliphatic rings. The molecular weight excluding hydrogens is 356 g/mol. The Bertz CT molecular complexity index is 808. The van der Waals surface area contributed by atoms with Crippen molar-refractivity contribution < 1.29 is 19.1 Å². The van der Waals surface area contributed by atoms with Gasteiger partial charge < -0.3 is 20.1 Å². The van der Waals surface area contributed by atoms with Crippen LogP contribution in [0.5, 0.6) is 11.5 Å². The number of carbonyl (C=O) groups is 2. The second kappa shape index (κ2) is 9.10. The molecule has 6 nitrogen and oxygen atoms in total. The first-order valence-corrected chi connectivity index (χ1v) is 8.48. The van der Waals surface area contributed by atoms with E-state index < -0.39 is 11.8 Å². The van der Waals surface area contributed by atoms with Gasteiger partial charge in [0.05, 0.1) is 25.1 Å². The summed E-state index contributed by atoms with van der Waals surface area (Å²) < 4.78 is 10.7. The van der Waals surface area contributed by atoms with Crippen LogP contribution in [0.1, 0.15) is 18.9 Å². The van der Waals surface area contributed by atoms with E-state index in [9.17, 15) is 9.59 Å². The first kappa shape index (κ1) is 19.6. The fourth-order valence-corrected chi connectivity index (χ4v) is 2.47. The maximum Gasteiger partial charge on any atom is 0.233 e. The molecule has 0 atom stereocenters.